The maximum absolute atomic E-state index is 12.8. The zero-order valence-electron chi connectivity index (χ0n) is 13.3. The Morgan fingerprint density at radius 3 is 2.33 bits per heavy atom. The van der Waals surface area contributed by atoms with Crippen LogP contribution < -0.4 is 11.1 Å². The van der Waals surface area contributed by atoms with Gasteiger partial charge in [-0.1, -0.05) is 63.4 Å². The van der Waals surface area contributed by atoms with Crippen molar-refractivity contribution in [2.45, 2.75) is 52.0 Å². The zero-order chi connectivity index (χ0) is 15.3. The molecular weight excluding hydrogens is 260 g/mol. The SMILES string of the molecule is CC(C)C(NC(=O)C1(CN)CCCCC1)c1ccccc1. The first-order valence-corrected chi connectivity index (χ1v) is 8.15. The molecule has 1 aromatic carbocycles. The Morgan fingerprint density at radius 2 is 1.81 bits per heavy atom. The molecule has 0 aliphatic heterocycles. The third-order valence-corrected chi connectivity index (χ3v) is 4.80. The Kier molecular flexibility index (Phi) is 5.40. The van der Waals surface area contributed by atoms with Crippen LogP contribution in [0.25, 0.3) is 0 Å². The summed E-state index contributed by atoms with van der Waals surface area (Å²) in [6.07, 6.45) is 5.30. The minimum Gasteiger partial charge on any atom is -0.349 e. The van der Waals surface area contributed by atoms with Gasteiger partial charge in [-0.2, -0.15) is 0 Å². The number of nitrogens with two attached hydrogens (primary N) is 1. The van der Waals surface area contributed by atoms with E-state index in [2.05, 4.69) is 31.3 Å². The highest BCUT2D eigenvalue weighted by Crippen LogP contribution is 2.36. The Balaban J connectivity index is 2.14. The summed E-state index contributed by atoms with van der Waals surface area (Å²) in [5.74, 6) is 0.502. The number of nitrogens with one attached hydrogen (secondary N) is 1. The molecule has 3 nitrogen and oxygen atoms in total. The van der Waals surface area contributed by atoms with Crippen LogP contribution in [0.3, 0.4) is 0 Å². The summed E-state index contributed by atoms with van der Waals surface area (Å²) in [6, 6.07) is 10.3. The molecule has 1 amide bonds. The van der Waals surface area contributed by atoms with Gasteiger partial charge in [-0.05, 0) is 24.3 Å². The summed E-state index contributed by atoms with van der Waals surface area (Å²) >= 11 is 0. The van der Waals surface area contributed by atoms with Gasteiger partial charge in [0.2, 0.25) is 5.91 Å². The van der Waals surface area contributed by atoms with E-state index in [1.54, 1.807) is 0 Å². The lowest BCUT2D eigenvalue weighted by Gasteiger charge is -2.37. The van der Waals surface area contributed by atoms with Crippen LogP contribution in [0, 0.1) is 11.3 Å². The van der Waals surface area contributed by atoms with Crippen molar-refractivity contribution >= 4 is 5.91 Å². The lowest BCUT2D eigenvalue weighted by molar-refractivity contribution is -0.133. The van der Waals surface area contributed by atoms with E-state index in [-0.39, 0.29) is 17.4 Å². The lowest BCUT2D eigenvalue weighted by Crippen LogP contribution is -2.48. The van der Waals surface area contributed by atoms with Gasteiger partial charge in [-0.3, -0.25) is 4.79 Å². The third kappa shape index (κ3) is 3.65. The van der Waals surface area contributed by atoms with Crippen molar-refractivity contribution in [3.05, 3.63) is 35.9 Å². The molecular formula is C18H28N2O. The molecule has 116 valence electrons. The van der Waals surface area contributed by atoms with Crippen LogP contribution in [0.4, 0.5) is 0 Å². The highest BCUT2D eigenvalue weighted by molar-refractivity contribution is 5.83. The summed E-state index contributed by atoms with van der Waals surface area (Å²) in [5.41, 5.74) is 6.79. The highest BCUT2D eigenvalue weighted by Gasteiger charge is 2.39. The predicted molar refractivity (Wildman–Crippen MR) is 86.7 cm³/mol. The van der Waals surface area contributed by atoms with Gasteiger partial charge >= 0.3 is 0 Å². The summed E-state index contributed by atoms with van der Waals surface area (Å²) in [7, 11) is 0. The first-order chi connectivity index (χ1) is 10.1. The van der Waals surface area contributed by atoms with Gasteiger partial charge in [0.05, 0.1) is 11.5 Å². The van der Waals surface area contributed by atoms with Crippen LogP contribution in [0.2, 0.25) is 0 Å². The molecule has 0 bridgehead atoms. The van der Waals surface area contributed by atoms with Gasteiger partial charge in [0.25, 0.3) is 0 Å². The molecule has 0 heterocycles. The molecule has 1 fully saturated rings. The van der Waals surface area contributed by atoms with Gasteiger partial charge in [-0.25, -0.2) is 0 Å². The number of carbonyl (C=O) groups is 1. The second kappa shape index (κ2) is 7.08. The molecule has 0 saturated heterocycles. The Morgan fingerprint density at radius 1 is 1.19 bits per heavy atom. The second-order valence-electron chi connectivity index (χ2n) is 6.65. The number of benzene rings is 1. The van der Waals surface area contributed by atoms with Gasteiger partial charge in [0.15, 0.2) is 0 Å². The first kappa shape index (κ1) is 16.0. The third-order valence-electron chi connectivity index (χ3n) is 4.80. The van der Waals surface area contributed by atoms with Crippen LogP contribution in [0.5, 0.6) is 0 Å². The van der Waals surface area contributed by atoms with Crippen molar-refractivity contribution in [1.82, 2.24) is 5.32 Å². The number of carbonyl (C=O) groups excluding carboxylic acids is 1. The molecule has 2 rings (SSSR count). The molecule has 21 heavy (non-hydrogen) atoms. The van der Waals surface area contributed by atoms with Gasteiger partial charge in [0.1, 0.15) is 0 Å². The Hall–Kier alpha value is -1.35. The number of hydrogen-bond acceptors (Lipinski definition) is 2. The normalized spacial score (nSPS) is 19.2. The van der Waals surface area contributed by atoms with Crippen LogP contribution in [-0.4, -0.2) is 12.5 Å². The van der Waals surface area contributed by atoms with E-state index in [9.17, 15) is 4.79 Å². The van der Waals surface area contributed by atoms with Gasteiger partial charge in [-0.15, -0.1) is 0 Å². The van der Waals surface area contributed by atoms with Crippen molar-refractivity contribution in [1.29, 1.82) is 0 Å². The largest absolute Gasteiger partial charge is 0.349 e. The maximum atomic E-state index is 12.8. The zero-order valence-corrected chi connectivity index (χ0v) is 13.3. The van der Waals surface area contributed by atoms with E-state index in [1.807, 2.05) is 18.2 Å². The smallest absolute Gasteiger partial charge is 0.227 e. The van der Waals surface area contributed by atoms with Crippen molar-refractivity contribution in [3.8, 4) is 0 Å². The standard InChI is InChI=1S/C18H28N2O/c1-14(2)16(15-9-5-3-6-10-15)20-17(21)18(13-19)11-7-4-8-12-18/h3,5-6,9-10,14,16H,4,7-8,11-13,19H2,1-2H3,(H,20,21). The van der Waals surface area contributed by atoms with Crippen LogP contribution in [0.15, 0.2) is 30.3 Å². The van der Waals surface area contributed by atoms with Crippen LogP contribution in [0.1, 0.15) is 57.6 Å². The van der Waals surface area contributed by atoms with E-state index >= 15 is 0 Å². The number of rotatable bonds is 5. The Labute approximate surface area is 128 Å². The monoisotopic (exact) mass is 288 g/mol. The quantitative estimate of drug-likeness (QED) is 0.872. The van der Waals surface area contributed by atoms with Crippen molar-refractivity contribution in [2.75, 3.05) is 6.54 Å². The molecule has 0 spiro atoms. The summed E-state index contributed by atoms with van der Waals surface area (Å²) < 4.78 is 0. The average Bonchev–Trinajstić information content (AvgIpc) is 2.53. The summed E-state index contributed by atoms with van der Waals surface area (Å²) in [4.78, 5) is 12.8. The lowest BCUT2D eigenvalue weighted by atomic mass is 9.73. The molecule has 1 aliphatic rings. The number of amides is 1. The van der Waals surface area contributed by atoms with E-state index in [4.69, 9.17) is 5.73 Å². The fourth-order valence-corrected chi connectivity index (χ4v) is 3.34. The summed E-state index contributed by atoms with van der Waals surface area (Å²) in [6.45, 7) is 4.75. The highest BCUT2D eigenvalue weighted by atomic mass is 16.2. The van der Waals surface area contributed by atoms with Crippen LogP contribution >= 0.6 is 0 Å². The molecule has 1 saturated carbocycles. The van der Waals surface area contributed by atoms with Crippen molar-refractivity contribution in [3.63, 3.8) is 0 Å². The minimum atomic E-state index is -0.347. The minimum absolute atomic E-state index is 0.0593. The molecule has 3 N–H and O–H groups in total. The molecule has 0 aromatic heterocycles. The fraction of sp³-hybridized carbons (Fsp3) is 0.611. The first-order valence-electron chi connectivity index (χ1n) is 8.15. The fourth-order valence-electron chi connectivity index (χ4n) is 3.34. The molecule has 3 heteroatoms. The summed E-state index contributed by atoms with van der Waals surface area (Å²) in [5, 5.41) is 3.28. The average molecular weight is 288 g/mol. The Bertz CT molecular complexity index is 450. The predicted octanol–water partition coefficient (Wildman–Crippen LogP) is 3.41. The maximum Gasteiger partial charge on any atom is 0.227 e. The second-order valence-corrected chi connectivity index (χ2v) is 6.65. The van der Waals surface area contributed by atoms with Crippen molar-refractivity contribution in [2.24, 2.45) is 17.1 Å². The van der Waals surface area contributed by atoms with E-state index < -0.39 is 0 Å². The van der Waals surface area contributed by atoms with E-state index in [1.165, 1.54) is 12.0 Å². The van der Waals surface area contributed by atoms with E-state index in [0.29, 0.717) is 12.5 Å². The molecule has 1 atom stereocenters. The topological polar surface area (TPSA) is 55.1 Å². The van der Waals surface area contributed by atoms with Gasteiger partial charge in [0, 0.05) is 6.54 Å². The molecule has 0 radical (unpaired) electrons. The van der Waals surface area contributed by atoms with E-state index in [0.717, 1.165) is 25.7 Å². The molecule has 1 unspecified atom stereocenters. The van der Waals surface area contributed by atoms with Crippen molar-refractivity contribution < 1.29 is 4.79 Å². The van der Waals surface area contributed by atoms with Gasteiger partial charge < -0.3 is 11.1 Å². The van der Waals surface area contributed by atoms with Crippen LogP contribution in [-0.2, 0) is 4.79 Å². The number of hydrogen-bond donors (Lipinski definition) is 2. The molecule has 1 aromatic rings. The molecule has 1 aliphatic carbocycles.